The molecule has 0 aliphatic rings. The average Bonchev–Trinajstić information content (AvgIpc) is 3.09. The molecule has 24 heavy (non-hydrogen) atoms. The van der Waals surface area contributed by atoms with Crippen LogP contribution in [0.25, 0.3) is 5.69 Å². The fourth-order valence-corrected chi connectivity index (χ4v) is 2.26. The van der Waals surface area contributed by atoms with Crippen LogP contribution < -0.4 is 10.1 Å². The van der Waals surface area contributed by atoms with Gasteiger partial charge in [0.1, 0.15) is 11.4 Å². The Kier molecular flexibility index (Phi) is 4.77. The van der Waals surface area contributed by atoms with Crippen molar-refractivity contribution in [3.63, 3.8) is 0 Å². The number of amides is 1. The van der Waals surface area contributed by atoms with E-state index >= 15 is 0 Å². The summed E-state index contributed by atoms with van der Waals surface area (Å²) in [6.45, 7) is 0.283. The average molecular weight is 343 g/mol. The highest BCUT2D eigenvalue weighted by Crippen LogP contribution is 2.15. The third-order valence-corrected chi connectivity index (χ3v) is 3.65. The molecule has 0 radical (unpaired) electrons. The Labute approximate surface area is 144 Å². The van der Waals surface area contributed by atoms with Gasteiger partial charge in [-0.05, 0) is 36.4 Å². The van der Waals surface area contributed by atoms with Crippen molar-refractivity contribution in [3.8, 4) is 11.4 Å². The van der Waals surface area contributed by atoms with Crippen LogP contribution in [0.1, 0.15) is 16.1 Å². The molecular formula is C17H15ClN4O2. The summed E-state index contributed by atoms with van der Waals surface area (Å²) >= 11 is 5.81. The zero-order chi connectivity index (χ0) is 16.9. The van der Waals surface area contributed by atoms with Gasteiger partial charge in [-0.25, -0.2) is 4.68 Å². The molecule has 122 valence electrons. The molecule has 3 rings (SSSR count). The van der Waals surface area contributed by atoms with Gasteiger partial charge in [-0.1, -0.05) is 22.9 Å². The summed E-state index contributed by atoms with van der Waals surface area (Å²) in [5.74, 6) is 0.545. The Bertz CT molecular complexity index is 846. The maximum atomic E-state index is 12.1. The first-order valence-corrected chi connectivity index (χ1v) is 7.63. The van der Waals surface area contributed by atoms with Crippen LogP contribution in [-0.4, -0.2) is 28.0 Å². The van der Waals surface area contributed by atoms with Crippen molar-refractivity contribution in [3.05, 3.63) is 71.0 Å². The molecule has 2 aromatic carbocycles. The molecule has 7 heteroatoms. The number of carbonyl (C=O) groups is 1. The molecule has 1 N–H and O–H groups in total. The largest absolute Gasteiger partial charge is 0.497 e. The number of nitrogens with zero attached hydrogens (tertiary/aromatic N) is 3. The third kappa shape index (κ3) is 3.72. The summed E-state index contributed by atoms with van der Waals surface area (Å²) in [6, 6.07) is 14.2. The summed E-state index contributed by atoms with van der Waals surface area (Å²) in [5.41, 5.74) is 2.02. The number of nitrogens with one attached hydrogen (secondary N) is 1. The van der Waals surface area contributed by atoms with Crippen LogP contribution in [0.5, 0.6) is 5.75 Å². The van der Waals surface area contributed by atoms with E-state index in [1.807, 2.05) is 24.3 Å². The normalized spacial score (nSPS) is 10.4. The van der Waals surface area contributed by atoms with E-state index in [1.165, 1.54) is 0 Å². The minimum absolute atomic E-state index is 0.192. The standard InChI is InChI=1S/C17H15ClN4O2/c1-24-16-4-2-3-15(9-16)22-11-14(20-21-22)10-19-17(23)12-5-7-13(18)8-6-12/h2-9,11H,10H2,1H3,(H,19,23). The van der Waals surface area contributed by atoms with Crippen LogP contribution in [0, 0.1) is 0 Å². The third-order valence-electron chi connectivity index (χ3n) is 3.40. The number of aromatic nitrogens is 3. The Hall–Kier alpha value is -2.86. The van der Waals surface area contributed by atoms with Crippen LogP contribution in [0.4, 0.5) is 0 Å². The lowest BCUT2D eigenvalue weighted by molar-refractivity contribution is 0.0950. The zero-order valence-corrected chi connectivity index (χ0v) is 13.7. The smallest absolute Gasteiger partial charge is 0.251 e. The number of halogens is 1. The summed E-state index contributed by atoms with van der Waals surface area (Å²) in [6.07, 6.45) is 1.76. The van der Waals surface area contributed by atoms with Gasteiger partial charge < -0.3 is 10.1 Å². The SMILES string of the molecule is COc1cccc(-n2cc(CNC(=O)c3ccc(Cl)cc3)nn2)c1. The maximum absolute atomic E-state index is 12.1. The van der Waals surface area contributed by atoms with E-state index in [1.54, 1.807) is 42.3 Å². The second-order valence-corrected chi connectivity index (χ2v) is 5.48. The number of hydrogen-bond donors (Lipinski definition) is 1. The van der Waals surface area contributed by atoms with Gasteiger partial charge in [0.05, 0.1) is 25.5 Å². The number of carbonyl (C=O) groups excluding carboxylic acids is 1. The molecule has 0 spiro atoms. The Morgan fingerprint density at radius 2 is 2.04 bits per heavy atom. The van der Waals surface area contributed by atoms with Crippen LogP contribution in [0.15, 0.2) is 54.7 Å². The molecule has 1 aromatic heterocycles. The van der Waals surface area contributed by atoms with E-state index in [4.69, 9.17) is 16.3 Å². The first-order valence-electron chi connectivity index (χ1n) is 7.25. The van der Waals surface area contributed by atoms with E-state index in [2.05, 4.69) is 15.6 Å². The van der Waals surface area contributed by atoms with Crippen LogP contribution in [0.2, 0.25) is 5.02 Å². The predicted octanol–water partition coefficient (Wildman–Crippen LogP) is 2.86. The summed E-state index contributed by atoms with van der Waals surface area (Å²) in [7, 11) is 1.61. The minimum Gasteiger partial charge on any atom is -0.497 e. The number of benzene rings is 2. The Balaban J connectivity index is 1.65. The molecule has 0 bridgehead atoms. The van der Waals surface area contributed by atoms with Crippen molar-refractivity contribution in [1.29, 1.82) is 0 Å². The molecule has 0 atom stereocenters. The van der Waals surface area contributed by atoms with Gasteiger partial charge in [0.2, 0.25) is 0 Å². The highest BCUT2D eigenvalue weighted by Gasteiger charge is 2.08. The predicted molar refractivity (Wildman–Crippen MR) is 90.5 cm³/mol. The van der Waals surface area contributed by atoms with Gasteiger partial charge in [0, 0.05) is 16.7 Å². The second-order valence-electron chi connectivity index (χ2n) is 5.05. The van der Waals surface area contributed by atoms with Crippen molar-refractivity contribution in [2.45, 2.75) is 6.54 Å². The molecule has 0 fully saturated rings. The second kappa shape index (κ2) is 7.14. The molecule has 0 aliphatic heterocycles. The highest BCUT2D eigenvalue weighted by molar-refractivity contribution is 6.30. The van der Waals surface area contributed by atoms with Crippen LogP contribution in [0.3, 0.4) is 0 Å². The Morgan fingerprint density at radius 3 is 2.79 bits per heavy atom. The molecule has 0 unspecified atom stereocenters. The highest BCUT2D eigenvalue weighted by atomic mass is 35.5. The molecular weight excluding hydrogens is 328 g/mol. The number of methoxy groups -OCH3 is 1. The lowest BCUT2D eigenvalue weighted by atomic mass is 10.2. The van der Waals surface area contributed by atoms with Crippen LogP contribution >= 0.6 is 11.6 Å². The summed E-state index contributed by atoms with van der Waals surface area (Å²) in [4.78, 5) is 12.1. The maximum Gasteiger partial charge on any atom is 0.251 e. The summed E-state index contributed by atoms with van der Waals surface area (Å²) in [5, 5.41) is 11.5. The van der Waals surface area contributed by atoms with Gasteiger partial charge in [0.25, 0.3) is 5.91 Å². The number of ether oxygens (including phenoxy) is 1. The summed E-state index contributed by atoms with van der Waals surface area (Å²) < 4.78 is 6.82. The first-order chi connectivity index (χ1) is 11.7. The number of rotatable bonds is 5. The van der Waals surface area contributed by atoms with E-state index in [0.29, 0.717) is 16.3 Å². The molecule has 0 saturated carbocycles. The van der Waals surface area contributed by atoms with Gasteiger partial charge in [-0.3, -0.25) is 4.79 Å². The van der Waals surface area contributed by atoms with Crippen molar-refractivity contribution in [1.82, 2.24) is 20.3 Å². The monoisotopic (exact) mass is 342 g/mol. The van der Waals surface area contributed by atoms with E-state index < -0.39 is 0 Å². The molecule has 1 amide bonds. The van der Waals surface area contributed by atoms with E-state index in [0.717, 1.165) is 11.4 Å². The molecule has 0 aliphatic carbocycles. The molecule has 6 nitrogen and oxygen atoms in total. The van der Waals surface area contributed by atoms with Gasteiger partial charge in [-0.15, -0.1) is 5.10 Å². The molecule has 0 saturated heterocycles. The quantitative estimate of drug-likeness (QED) is 0.774. The molecule has 3 aromatic rings. The van der Waals surface area contributed by atoms with Gasteiger partial charge >= 0.3 is 0 Å². The van der Waals surface area contributed by atoms with Gasteiger partial charge in [-0.2, -0.15) is 0 Å². The molecule has 1 heterocycles. The lowest BCUT2D eigenvalue weighted by Gasteiger charge is -2.04. The van der Waals surface area contributed by atoms with Gasteiger partial charge in [0.15, 0.2) is 0 Å². The first kappa shape index (κ1) is 16.0. The Morgan fingerprint density at radius 1 is 1.25 bits per heavy atom. The fraction of sp³-hybridized carbons (Fsp3) is 0.118. The van der Waals surface area contributed by atoms with Crippen molar-refractivity contribution < 1.29 is 9.53 Å². The van der Waals surface area contributed by atoms with Crippen LogP contribution in [-0.2, 0) is 6.54 Å². The topological polar surface area (TPSA) is 69.0 Å². The fourth-order valence-electron chi connectivity index (χ4n) is 2.13. The van der Waals surface area contributed by atoms with Crippen molar-refractivity contribution in [2.75, 3.05) is 7.11 Å². The minimum atomic E-state index is -0.192. The van der Waals surface area contributed by atoms with E-state index in [-0.39, 0.29) is 12.5 Å². The zero-order valence-electron chi connectivity index (χ0n) is 12.9. The lowest BCUT2D eigenvalue weighted by Crippen LogP contribution is -2.22. The van der Waals surface area contributed by atoms with Crippen molar-refractivity contribution >= 4 is 17.5 Å². The number of hydrogen-bond acceptors (Lipinski definition) is 4. The van der Waals surface area contributed by atoms with E-state index in [9.17, 15) is 4.79 Å². The van der Waals surface area contributed by atoms with Crippen molar-refractivity contribution in [2.24, 2.45) is 0 Å².